The van der Waals surface area contributed by atoms with Crippen molar-refractivity contribution in [3.8, 4) is 0 Å². The van der Waals surface area contributed by atoms with Crippen LogP contribution in [0, 0.1) is 6.92 Å². The number of hydrogen-bond acceptors (Lipinski definition) is 4. The Morgan fingerprint density at radius 2 is 1.77 bits per heavy atom. The SMILES string of the molecule is Cc1cc(N2CCc3ccccc32)nc(N2CCCCC2)n1. The second-order valence-electron chi connectivity index (χ2n) is 6.25. The zero-order valence-electron chi connectivity index (χ0n) is 13.1. The highest BCUT2D eigenvalue weighted by atomic mass is 15.3. The molecular weight excluding hydrogens is 272 g/mol. The molecule has 0 N–H and O–H groups in total. The molecule has 22 heavy (non-hydrogen) atoms. The number of fused-ring (bicyclic) bond motifs is 1. The lowest BCUT2D eigenvalue weighted by molar-refractivity contribution is 0.567. The third-order valence-electron chi connectivity index (χ3n) is 4.63. The highest BCUT2D eigenvalue weighted by Gasteiger charge is 2.23. The maximum absolute atomic E-state index is 4.88. The summed E-state index contributed by atoms with van der Waals surface area (Å²) in [5.41, 5.74) is 3.76. The maximum Gasteiger partial charge on any atom is 0.227 e. The Balaban J connectivity index is 1.69. The van der Waals surface area contributed by atoms with Gasteiger partial charge in [-0.25, -0.2) is 4.98 Å². The molecule has 4 nitrogen and oxygen atoms in total. The van der Waals surface area contributed by atoms with E-state index in [0.29, 0.717) is 0 Å². The first-order valence-corrected chi connectivity index (χ1v) is 8.27. The van der Waals surface area contributed by atoms with Gasteiger partial charge >= 0.3 is 0 Å². The molecule has 3 heterocycles. The fourth-order valence-corrected chi connectivity index (χ4v) is 3.49. The Kier molecular flexibility index (Phi) is 3.45. The number of aryl methyl sites for hydroxylation is 1. The quantitative estimate of drug-likeness (QED) is 0.849. The number of benzene rings is 1. The maximum atomic E-state index is 4.88. The molecular formula is C18H22N4. The van der Waals surface area contributed by atoms with Crippen LogP contribution in [0.3, 0.4) is 0 Å². The molecule has 1 aromatic carbocycles. The number of rotatable bonds is 2. The molecule has 0 spiro atoms. The van der Waals surface area contributed by atoms with Crippen molar-refractivity contribution >= 4 is 17.5 Å². The first-order valence-electron chi connectivity index (χ1n) is 8.27. The number of para-hydroxylation sites is 1. The van der Waals surface area contributed by atoms with Crippen LogP contribution in [0.5, 0.6) is 0 Å². The monoisotopic (exact) mass is 294 g/mol. The molecule has 114 valence electrons. The molecule has 0 unspecified atom stereocenters. The number of anilines is 3. The third-order valence-corrected chi connectivity index (χ3v) is 4.63. The first kappa shape index (κ1) is 13.6. The van der Waals surface area contributed by atoms with Gasteiger partial charge < -0.3 is 9.80 Å². The number of piperidine rings is 1. The summed E-state index contributed by atoms with van der Waals surface area (Å²) in [5.74, 6) is 1.94. The summed E-state index contributed by atoms with van der Waals surface area (Å²) in [6, 6.07) is 10.7. The zero-order chi connectivity index (χ0) is 14.9. The lowest BCUT2D eigenvalue weighted by Gasteiger charge is -2.28. The normalized spacial score (nSPS) is 17.7. The van der Waals surface area contributed by atoms with E-state index in [9.17, 15) is 0 Å². The van der Waals surface area contributed by atoms with Gasteiger partial charge in [0.05, 0.1) is 0 Å². The number of nitrogens with zero attached hydrogens (tertiary/aromatic N) is 4. The van der Waals surface area contributed by atoms with E-state index in [2.05, 4.69) is 52.0 Å². The van der Waals surface area contributed by atoms with Crippen LogP contribution in [0.15, 0.2) is 30.3 Å². The highest BCUT2D eigenvalue weighted by molar-refractivity contribution is 5.68. The van der Waals surface area contributed by atoms with Crippen molar-refractivity contribution in [2.75, 3.05) is 29.4 Å². The van der Waals surface area contributed by atoms with E-state index < -0.39 is 0 Å². The van der Waals surface area contributed by atoms with Gasteiger partial charge in [-0.1, -0.05) is 18.2 Å². The van der Waals surface area contributed by atoms with Gasteiger partial charge in [0.2, 0.25) is 5.95 Å². The summed E-state index contributed by atoms with van der Waals surface area (Å²) in [6.45, 7) is 5.24. The predicted molar refractivity (Wildman–Crippen MR) is 90.0 cm³/mol. The summed E-state index contributed by atoms with van der Waals surface area (Å²) in [6.07, 6.45) is 4.92. The third kappa shape index (κ3) is 2.43. The van der Waals surface area contributed by atoms with Gasteiger partial charge in [0.15, 0.2) is 0 Å². The van der Waals surface area contributed by atoms with Gasteiger partial charge in [-0.05, 0) is 44.2 Å². The van der Waals surface area contributed by atoms with Crippen LogP contribution in [0.2, 0.25) is 0 Å². The van der Waals surface area contributed by atoms with Crippen LogP contribution in [0.1, 0.15) is 30.5 Å². The summed E-state index contributed by atoms with van der Waals surface area (Å²) >= 11 is 0. The van der Waals surface area contributed by atoms with E-state index in [0.717, 1.165) is 43.5 Å². The summed E-state index contributed by atoms with van der Waals surface area (Å²) < 4.78 is 0. The molecule has 2 aliphatic rings. The second kappa shape index (κ2) is 5.59. The standard InChI is InChI=1S/C18H22N4/c1-14-13-17(20-18(19-14)21-10-5-2-6-11-21)22-12-9-15-7-3-4-8-16(15)22/h3-4,7-8,13H,2,5-6,9-12H2,1H3. The Bertz CT molecular complexity index is 677. The van der Waals surface area contributed by atoms with E-state index in [-0.39, 0.29) is 0 Å². The van der Waals surface area contributed by atoms with Gasteiger partial charge in [0, 0.05) is 37.1 Å². The van der Waals surface area contributed by atoms with Crippen molar-refractivity contribution in [1.29, 1.82) is 0 Å². The minimum Gasteiger partial charge on any atom is -0.341 e. The van der Waals surface area contributed by atoms with Crippen molar-refractivity contribution in [2.45, 2.75) is 32.6 Å². The molecule has 0 saturated carbocycles. The predicted octanol–water partition coefficient (Wildman–Crippen LogP) is 3.47. The van der Waals surface area contributed by atoms with Gasteiger partial charge in [-0.3, -0.25) is 0 Å². The fraction of sp³-hybridized carbons (Fsp3) is 0.444. The Morgan fingerprint density at radius 1 is 0.955 bits per heavy atom. The van der Waals surface area contributed by atoms with Gasteiger partial charge in [-0.2, -0.15) is 4.98 Å². The molecule has 0 aliphatic carbocycles. The minimum absolute atomic E-state index is 0.902. The largest absolute Gasteiger partial charge is 0.341 e. The molecule has 2 aliphatic heterocycles. The Morgan fingerprint density at radius 3 is 2.64 bits per heavy atom. The van der Waals surface area contributed by atoms with E-state index in [1.54, 1.807) is 0 Å². The van der Waals surface area contributed by atoms with Crippen molar-refractivity contribution < 1.29 is 0 Å². The topological polar surface area (TPSA) is 32.3 Å². The number of aromatic nitrogens is 2. The lowest BCUT2D eigenvalue weighted by Crippen LogP contribution is -2.31. The van der Waals surface area contributed by atoms with Gasteiger partial charge in [0.25, 0.3) is 0 Å². The summed E-state index contributed by atoms with van der Waals surface area (Å²) in [4.78, 5) is 14.2. The summed E-state index contributed by atoms with van der Waals surface area (Å²) in [5, 5.41) is 0. The van der Waals surface area contributed by atoms with Gasteiger partial charge in [-0.15, -0.1) is 0 Å². The van der Waals surface area contributed by atoms with Crippen LogP contribution < -0.4 is 9.80 Å². The summed E-state index contributed by atoms with van der Waals surface area (Å²) in [7, 11) is 0. The van der Waals surface area contributed by atoms with Crippen LogP contribution >= 0.6 is 0 Å². The Labute approximate surface area is 131 Å². The minimum atomic E-state index is 0.902. The molecule has 1 aromatic heterocycles. The lowest BCUT2D eigenvalue weighted by atomic mass is 10.1. The average Bonchev–Trinajstić information content (AvgIpc) is 2.99. The van der Waals surface area contributed by atoms with E-state index >= 15 is 0 Å². The number of hydrogen-bond donors (Lipinski definition) is 0. The highest BCUT2D eigenvalue weighted by Crippen LogP contribution is 2.34. The Hall–Kier alpha value is -2.10. The molecule has 4 heteroatoms. The van der Waals surface area contributed by atoms with Crippen LogP contribution in [-0.2, 0) is 6.42 Å². The molecule has 0 amide bonds. The second-order valence-corrected chi connectivity index (χ2v) is 6.25. The van der Waals surface area contributed by atoms with Crippen molar-refractivity contribution in [3.05, 3.63) is 41.6 Å². The molecule has 4 rings (SSSR count). The molecule has 1 fully saturated rings. The van der Waals surface area contributed by atoms with Crippen LogP contribution in [0.25, 0.3) is 0 Å². The average molecular weight is 294 g/mol. The smallest absolute Gasteiger partial charge is 0.227 e. The first-order chi connectivity index (χ1) is 10.8. The molecule has 2 aromatic rings. The molecule has 0 radical (unpaired) electrons. The van der Waals surface area contributed by atoms with E-state index in [4.69, 9.17) is 4.98 Å². The molecule has 1 saturated heterocycles. The molecule has 0 bridgehead atoms. The van der Waals surface area contributed by atoms with Crippen LogP contribution in [-0.4, -0.2) is 29.6 Å². The zero-order valence-corrected chi connectivity index (χ0v) is 13.1. The molecule has 0 atom stereocenters. The van der Waals surface area contributed by atoms with E-state index in [1.165, 1.54) is 30.5 Å². The van der Waals surface area contributed by atoms with Crippen molar-refractivity contribution in [2.24, 2.45) is 0 Å². The van der Waals surface area contributed by atoms with E-state index in [1.807, 2.05) is 0 Å². The fourth-order valence-electron chi connectivity index (χ4n) is 3.49. The van der Waals surface area contributed by atoms with Crippen molar-refractivity contribution in [1.82, 2.24) is 9.97 Å². The van der Waals surface area contributed by atoms with Crippen LogP contribution in [0.4, 0.5) is 17.5 Å². The van der Waals surface area contributed by atoms with Crippen molar-refractivity contribution in [3.63, 3.8) is 0 Å². The van der Waals surface area contributed by atoms with Gasteiger partial charge in [0.1, 0.15) is 5.82 Å².